The summed E-state index contributed by atoms with van der Waals surface area (Å²) in [7, 11) is 1.62. The summed E-state index contributed by atoms with van der Waals surface area (Å²) in [6.07, 6.45) is 0. The van der Waals surface area contributed by atoms with Crippen molar-refractivity contribution in [2.45, 2.75) is 13.5 Å². The number of aromatic nitrogens is 1. The quantitative estimate of drug-likeness (QED) is 0.534. The van der Waals surface area contributed by atoms with Gasteiger partial charge >= 0.3 is 0 Å². The van der Waals surface area contributed by atoms with Crippen molar-refractivity contribution in [1.82, 2.24) is 4.57 Å². The van der Waals surface area contributed by atoms with E-state index in [1.54, 1.807) is 19.2 Å². The molecule has 0 aliphatic carbocycles. The molecule has 0 radical (unpaired) electrons. The first-order valence-corrected chi connectivity index (χ1v) is 9.90. The summed E-state index contributed by atoms with van der Waals surface area (Å²) in [5.74, 6) is 0.297. The third kappa shape index (κ3) is 4.35. The Morgan fingerprint density at radius 3 is 2.78 bits per heavy atom. The predicted octanol–water partition coefficient (Wildman–Crippen LogP) is 4.80. The molecule has 0 N–H and O–H groups in total. The number of thiazole rings is 1. The second-order valence-electron chi connectivity index (χ2n) is 5.58. The van der Waals surface area contributed by atoms with Crippen LogP contribution in [0.25, 0.3) is 10.2 Å². The number of hydrogen-bond donors (Lipinski definition) is 0. The third-order valence-corrected chi connectivity index (χ3v) is 5.50. The fourth-order valence-corrected chi connectivity index (χ4v) is 4.23. The largest absolute Gasteiger partial charge is 0.495 e. The van der Waals surface area contributed by atoms with Crippen LogP contribution in [0.3, 0.4) is 0 Å². The van der Waals surface area contributed by atoms with Crippen LogP contribution in [0.1, 0.15) is 17.3 Å². The number of ether oxygens (including phenoxy) is 2. The highest BCUT2D eigenvalue weighted by Gasteiger charge is 2.14. The molecular formula is C19H18Cl2N2O3S. The van der Waals surface area contributed by atoms with Crippen LogP contribution in [0.2, 0.25) is 10.0 Å². The summed E-state index contributed by atoms with van der Waals surface area (Å²) < 4.78 is 13.9. The molecule has 0 fully saturated rings. The van der Waals surface area contributed by atoms with E-state index in [9.17, 15) is 4.79 Å². The van der Waals surface area contributed by atoms with Crippen LogP contribution in [0.15, 0.2) is 41.4 Å². The Hall–Kier alpha value is -1.86. The standard InChI is InChI=1S/C19H18Cl2N2O3S/c1-3-26-10-9-23-17-15(25-2)5-4-6-16(17)27-19(23)22-18(24)13-8-7-12(20)11-14(13)21/h4-8,11H,3,9-10H2,1-2H3. The van der Waals surface area contributed by atoms with Gasteiger partial charge in [-0.05, 0) is 37.3 Å². The predicted molar refractivity (Wildman–Crippen MR) is 109 cm³/mol. The van der Waals surface area contributed by atoms with Crippen molar-refractivity contribution >= 4 is 50.7 Å². The molecule has 3 aromatic rings. The van der Waals surface area contributed by atoms with E-state index in [1.165, 1.54) is 17.4 Å². The van der Waals surface area contributed by atoms with Gasteiger partial charge in [0.15, 0.2) is 4.80 Å². The second kappa shape index (κ2) is 8.89. The maximum atomic E-state index is 12.7. The number of nitrogens with zero attached hydrogens (tertiary/aromatic N) is 2. The van der Waals surface area contributed by atoms with Crippen LogP contribution in [-0.2, 0) is 11.3 Å². The minimum Gasteiger partial charge on any atom is -0.495 e. The lowest BCUT2D eigenvalue weighted by atomic mass is 10.2. The Morgan fingerprint density at radius 2 is 2.07 bits per heavy atom. The molecule has 0 saturated carbocycles. The van der Waals surface area contributed by atoms with E-state index in [1.807, 2.05) is 29.7 Å². The van der Waals surface area contributed by atoms with Crippen molar-refractivity contribution in [3.8, 4) is 5.75 Å². The minimum absolute atomic E-state index is 0.274. The number of hydrogen-bond acceptors (Lipinski definition) is 4. The zero-order valence-corrected chi connectivity index (χ0v) is 17.2. The van der Waals surface area contributed by atoms with Gasteiger partial charge in [0.1, 0.15) is 11.3 Å². The van der Waals surface area contributed by atoms with Crippen LogP contribution < -0.4 is 9.54 Å². The Morgan fingerprint density at radius 1 is 1.26 bits per heavy atom. The molecule has 0 aliphatic heterocycles. The average molecular weight is 425 g/mol. The number of methoxy groups -OCH3 is 1. The van der Waals surface area contributed by atoms with Crippen molar-refractivity contribution in [3.05, 3.63) is 56.8 Å². The third-order valence-electron chi connectivity index (χ3n) is 3.91. The Bertz CT molecular complexity index is 1040. The number of benzene rings is 2. The summed E-state index contributed by atoms with van der Waals surface area (Å²) in [5.41, 5.74) is 1.19. The van der Waals surface area contributed by atoms with E-state index in [0.717, 1.165) is 16.0 Å². The average Bonchev–Trinajstić information content (AvgIpc) is 2.99. The highest BCUT2D eigenvalue weighted by atomic mass is 35.5. The molecule has 0 saturated heterocycles. The van der Waals surface area contributed by atoms with Crippen molar-refractivity contribution in [3.63, 3.8) is 0 Å². The summed E-state index contributed by atoms with van der Waals surface area (Å²) in [6.45, 7) is 3.61. The first kappa shape index (κ1) is 19.9. The number of fused-ring (bicyclic) bond motifs is 1. The fraction of sp³-hybridized carbons (Fsp3) is 0.263. The Balaban J connectivity index is 2.12. The minimum atomic E-state index is -0.424. The Labute approximate surface area is 170 Å². The first-order chi connectivity index (χ1) is 13.0. The summed E-state index contributed by atoms with van der Waals surface area (Å²) in [6, 6.07) is 10.5. The lowest BCUT2D eigenvalue weighted by Gasteiger charge is -2.08. The maximum absolute atomic E-state index is 12.7. The van der Waals surface area contributed by atoms with E-state index in [4.69, 9.17) is 32.7 Å². The second-order valence-corrected chi connectivity index (χ2v) is 7.43. The smallest absolute Gasteiger partial charge is 0.281 e. The van der Waals surface area contributed by atoms with E-state index in [0.29, 0.717) is 35.1 Å². The molecule has 1 aromatic heterocycles. The monoisotopic (exact) mass is 424 g/mol. The summed E-state index contributed by atoms with van der Waals surface area (Å²) >= 11 is 13.5. The zero-order valence-electron chi connectivity index (χ0n) is 14.9. The van der Waals surface area contributed by atoms with Gasteiger partial charge in [-0.1, -0.05) is 40.6 Å². The van der Waals surface area contributed by atoms with Gasteiger partial charge in [0.25, 0.3) is 5.91 Å². The number of carbonyl (C=O) groups excluding carboxylic acids is 1. The molecular weight excluding hydrogens is 407 g/mol. The normalized spacial score (nSPS) is 11.9. The molecule has 0 bridgehead atoms. The number of amides is 1. The van der Waals surface area contributed by atoms with Gasteiger partial charge in [0.2, 0.25) is 0 Å². The fourth-order valence-electron chi connectivity index (χ4n) is 2.67. The topological polar surface area (TPSA) is 52.8 Å². The molecule has 3 rings (SSSR count). The molecule has 8 heteroatoms. The summed E-state index contributed by atoms with van der Waals surface area (Å²) in [5, 5.41) is 0.741. The van der Waals surface area contributed by atoms with Crippen LogP contribution in [0, 0.1) is 0 Å². The molecule has 2 aromatic carbocycles. The summed E-state index contributed by atoms with van der Waals surface area (Å²) in [4.78, 5) is 17.6. The molecule has 5 nitrogen and oxygen atoms in total. The van der Waals surface area contributed by atoms with E-state index < -0.39 is 5.91 Å². The lowest BCUT2D eigenvalue weighted by Crippen LogP contribution is -2.20. The van der Waals surface area contributed by atoms with Crippen LogP contribution in [0.5, 0.6) is 5.75 Å². The van der Waals surface area contributed by atoms with Crippen molar-refractivity contribution in [1.29, 1.82) is 0 Å². The van der Waals surface area contributed by atoms with Crippen molar-refractivity contribution in [2.75, 3.05) is 20.3 Å². The molecule has 142 valence electrons. The zero-order chi connectivity index (χ0) is 19.4. The van der Waals surface area contributed by atoms with Crippen LogP contribution >= 0.6 is 34.5 Å². The Kier molecular flexibility index (Phi) is 6.55. The molecule has 0 aliphatic rings. The maximum Gasteiger partial charge on any atom is 0.281 e. The van der Waals surface area contributed by atoms with Crippen molar-refractivity contribution < 1.29 is 14.3 Å². The highest BCUT2D eigenvalue weighted by Crippen LogP contribution is 2.27. The van der Waals surface area contributed by atoms with Gasteiger partial charge in [-0.2, -0.15) is 4.99 Å². The van der Waals surface area contributed by atoms with Crippen LogP contribution in [0.4, 0.5) is 0 Å². The van der Waals surface area contributed by atoms with Crippen LogP contribution in [-0.4, -0.2) is 30.8 Å². The van der Waals surface area contributed by atoms with E-state index >= 15 is 0 Å². The first-order valence-electron chi connectivity index (χ1n) is 8.33. The highest BCUT2D eigenvalue weighted by molar-refractivity contribution is 7.16. The molecule has 1 heterocycles. The van der Waals surface area contributed by atoms with E-state index in [-0.39, 0.29) is 5.02 Å². The molecule has 27 heavy (non-hydrogen) atoms. The van der Waals surface area contributed by atoms with Gasteiger partial charge in [-0.15, -0.1) is 0 Å². The number of halogens is 2. The van der Waals surface area contributed by atoms with Gasteiger partial charge in [-0.25, -0.2) is 0 Å². The lowest BCUT2D eigenvalue weighted by molar-refractivity contribution is 0.0996. The number of carbonyl (C=O) groups is 1. The molecule has 0 atom stereocenters. The van der Waals surface area contributed by atoms with E-state index in [2.05, 4.69) is 4.99 Å². The van der Waals surface area contributed by atoms with Gasteiger partial charge in [0.05, 0.1) is 29.0 Å². The number of rotatable bonds is 6. The van der Waals surface area contributed by atoms with Gasteiger partial charge in [-0.3, -0.25) is 4.79 Å². The molecule has 1 amide bonds. The number of para-hydroxylation sites is 1. The molecule has 0 unspecified atom stereocenters. The molecule has 0 spiro atoms. The van der Waals surface area contributed by atoms with Crippen molar-refractivity contribution in [2.24, 2.45) is 4.99 Å². The van der Waals surface area contributed by atoms with Gasteiger partial charge in [0, 0.05) is 18.2 Å². The van der Waals surface area contributed by atoms with Gasteiger partial charge < -0.3 is 14.0 Å². The SMILES string of the molecule is CCOCCn1c(=NC(=O)c2ccc(Cl)cc2Cl)sc2cccc(OC)c21.